The minimum Gasteiger partial charge on any atom is -0.493 e. The van der Waals surface area contributed by atoms with E-state index in [4.69, 9.17) is 18.9 Å². The number of ether oxygens (including phenoxy) is 4. The summed E-state index contributed by atoms with van der Waals surface area (Å²) in [7, 11) is 5.02. The Morgan fingerprint density at radius 3 is 2.12 bits per heavy atom. The van der Waals surface area contributed by atoms with E-state index in [1.54, 1.807) is 21.3 Å². The molecule has 1 atom stereocenters. The maximum atomic E-state index is 6.00. The molecule has 0 spiro atoms. The Hall–Kier alpha value is -1.50. The molecule has 0 amide bonds. The van der Waals surface area contributed by atoms with Crippen molar-refractivity contribution in [2.45, 2.75) is 70.1 Å². The summed E-state index contributed by atoms with van der Waals surface area (Å²) >= 11 is 0. The first-order valence-electron chi connectivity index (χ1n) is 12.6. The molecule has 6 nitrogen and oxygen atoms in total. The minimum atomic E-state index is 0.357. The van der Waals surface area contributed by atoms with Crippen molar-refractivity contribution in [3.63, 3.8) is 0 Å². The molecule has 3 aliphatic rings. The number of hydrogen-bond donors (Lipinski definition) is 0. The Morgan fingerprint density at radius 1 is 0.875 bits per heavy atom. The van der Waals surface area contributed by atoms with Gasteiger partial charge in [-0.1, -0.05) is 12.8 Å². The first-order chi connectivity index (χ1) is 15.7. The summed E-state index contributed by atoms with van der Waals surface area (Å²) in [5, 5.41) is 0. The van der Waals surface area contributed by atoms with Crippen LogP contribution in [-0.4, -0.2) is 76.1 Å². The van der Waals surface area contributed by atoms with Crippen LogP contribution >= 0.6 is 0 Å². The van der Waals surface area contributed by atoms with Crippen LogP contribution in [0, 0.1) is 5.92 Å². The fourth-order valence-electron chi connectivity index (χ4n) is 5.90. The van der Waals surface area contributed by atoms with Gasteiger partial charge < -0.3 is 23.8 Å². The van der Waals surface area contributed by atoms with Gasteiger partial charge >= 0.3 is 0 Å². The number of methoxy groups -OCH3 is 3. The van der Waals surface area contributed by atoms with Crippen molar-refractivity contribution in [1.29, 1.82) is 0 Å². The Kier molecular flexibility index (Phi) is 8.55. The third-order valence-electron chi connectivity index (χ3n) is 7.62. The number of likely N-dealkylation sites (tertiary alicyclic amines) is 1. The van der Waals surface area contributed by atoms with Crippen LogP contribution in [0.3, 0.4) is 0 Å². The van der Waals surface area contributed by atoms with Crippen LogP contribution in [0.15, 0.2) is 12.1 Å². The molecule has 0 bridgehead atoms. The molecule has 6 heteroatoms. The van der Waals surface area contributed by atoms with Crippen molar-refractivity contribution in [3.05, 3.63) is 17.7 Å². The molecule has 3 fully saturated rings. The monoisotopic (exact) mass is 446 g/mol. The molecule has 180 valence electrons. The van der Waals surface area contributed by atoms with Crippen molar-refractivity contribution in [1.82, 2.24) is 9.80 Å². The average molecular weight is 447 g/mol. The molecule has 2 aliphatic heterocycles. The predicted molar refractivity (Wildman–Crippen MR) is 127 cm³/mol. The maximum absolute atomic E-state index is 6.00. The Labute approximate surface area is 194 Å². The van der Waals surface area contributed by atoms with Crippen molar-refractivity contribution in [2.75, 3.05) is 54.1 Å². The molecule has 0 aromatic heterocycles. The second-order valence-corrected chi connectivity index (χ2v) is 9.78. The number of rotatable bonds is 10. The molecule has 2 heterocycles. The van der Waals surface area contributed by atoms with Crippen LogP contribution < -0.4 is 14.2 Å². The lowest BCUT2D eigenvalue weighted by molar-refractivity contribution is 0.0539. The summed E-state index contributed by atoms with van der Waals surface area (Å²) in [6.07, 6.45) is 11.0. The lowest BCUT2D eigenvalue weighted by Crippen LogP contribution is -2.43. The van der Waals surface area contributed by atoms with Crippen LogP contribution in [0.5, 0.6) is 17.2 Å². The second-order valence-electron chi connectivity index (χ2n) is 9.78. The number of hydrogen-bond acceptors (Lipinski definition) is 6. The van der Waals surface area contributed by atoms with Gasteiger partial charge in [-0.15, -0.1) is 0 Å². The lowest BCUT2D eigenvalue weighted by Gasteiger charge is -2.38. The van der Waals surface area contributed by atoms with Crippen LogP contribution in [0.4, 0.5) is 0 Å². The standard InChI is InChI=1S/C26H42N2O4/c1-29-24-15-21(16-25(30-2)26(24)31-3)18-27(19-23-9-6-14-32-23)17-20-10-12-28(13-11-20)22-7-4-5-8-22/h15-16,20,22-23H,4-14,17-19H2,1-3H3/t23-/m1/s1. The molecule has 1 aromatic rings. The van der Waals surface area contributed by atoms with E-state index in [2.05, 4.69) is 21.9 Å². The summed E-state index contributed by atoms with van der Waals surface area (Å²) in [4.78, 5) is 5.37. The Morgan fingerprint density at radius 2 is 1.56 bits per heavy atom. The fourth-order valence-corrected chi connectivity index (χ4v) is 5.90. The van der Waals surface area contributed by atoms with Gasteiger partial charge in [0, 0.05) is 32.3 Å². The number of nitrogens with zero attached hydrogens (tertiary/aromatic N) is 2. The summed E-state index contributed by atoms with van der Waals surface area (Å²) in [5.41, 5.74) is 1.20. The maximum Gasteiger partial charge on any atom is 0.203 e. The van der Waals surface area contributed by atoms with Crippen molar-refractivity contribution in [2.24, 2.45) is 5.92 Å². The zero-order valence-electron chi connectivity index (χ0n) is 20.3. The van der Waals surface area contributed by atoms with E-state index >= 15 is 0 Å². The molecule has 0 radical (unpaired) electrons. The van der Waals surface area contributed by atoms with E-state index in [0.717, 1.165) is 49.7 Å². The quantitative estimate of drug-likeness (QED) is 0.532. The molecule has 1 aromatic carbocycles. The van der Waals surface area contributed by atoms with Crippen molar-refractivity contribution < 1.29 is 18.9 Å². The SMILES string of the molecule is COc1cc(CN(CC2CCN(C3CCCC3)CC2)C[C@H]2CCCO2)cc(OC)c1OC. The molecular formula is C26H42N2O4. The second kappa shape index (κ2) is 11.6. The highest BCUT2D eigenvalue weighted by Gasteiger charge is 2.29. The van der Waals surface area contributed by atoms with E-state index in [1.807, 2.05) is 0 Å². The molecular weight excluding hydrogens is 404 g/mol. The van der Waals surface area contributed by atoms with Crippen LogP contribution in [0.1, 0.15) is 56.9 Å². The van der Waals surface area contributed by atoms with Gasteiger partial charge in [0.25, 0.3) is 0 Å². The van der Waals surface area contributed by atoms with Crippen LogP contribution in [0.2, 0.25) is 0 Å². The third-order valence-corrected chi connectivity index (χ3v) is 7.62. The first-order valence-corrected chi connectivity index (χ1v) is 12.6. The highest BCUT2D eigenvalue weighted by atomic mass is 16.5. The van der Waals surface area contributed by atoms with E-state index in [1.165, 1.54) is 70.0 Å². The largest absolute Gasteiger partial charge is 0.493 e. The molecule has 0 N–H and O–H groups in total. The smallest absolute Gasteiger partial charge is 0.203 e. The zero-order valence-corrected chi connectivity index (χ0v) is 20.3. The first kappa shape index (κ1) is 23.7. The Bertz CT molecular complexity index is 683. The summed E-state index contributed by atoms with van der Waals surface area (Å²) in [6.45, 7) is 6.46. The van der Waals surface area contributed by atoms with Gasteiger partial charge in [0.05, 0.1) is 27.4 Å². The minimum absolute atomic E-state index is 0.357. The molecule has 1 saturated carbocycles. The van der Waals surface area contributed by atoms with E-state index in [-0.39, 0.29) is 0 Å². The number of benzene rings is 1. The predicted octanol–water partition coefficient (Wildman–Crippen LogP) is 4.35. The van der Waals surface area contributed by atoms with Gasteiger partial charge in [-0.25, -0.2) is 0 Å². The van der Waals surface area contributed by atoms with Gasteiger partial charge in [-0.2, -0.15) is 0 Å². The van der Waals surface area contributed by atoms with Gasteiger partial charge in [-0.05, 0) is 75.2 Å². The van der Waals surface area contributed by atoms with Gasteiger partial charge in [0.2, 0.25) is 5.75 Å². The summed E-state index contributed by atoms with van der Waals surface area (Å²) in [5.74, 6) is 2.87. The molecule has 0 unspecified atom stereocenters. The lowest BCUT2D eigenvalue weighted by atomic mass is 9.94. The normalized spacial score (nSPS) is 23.2. The Balaban J connectivity index is 1.41. The number of piperidine rings is 1. The summed E-state index contributed by atoms with van der Waals surface area (Å²) < 4.78 is 22.7. The van der Waals surface area contributed by atoms with Crippen LogP contribution in [0.25, 0.3) is 0 Å². The topological polar surface area (TPSA) is 43.4 Å². The zero-order chi connectivity index (χ0) is 22.3. The summed E-state index contributed by atoms with van der Waals surface area (Å²) in [6, 6.07) is 5.04. The highest BCUT2D eigenvalue weighted by Crippen LogP contribution is 2.38. The van der Waals surface area contributed by atoms with Crippen LogP contribution in [-0.2, 0) is 11.3 Å². The fraction of sp³-hybridized carbons (Fsp3) is 0.769. The molecule has 32 heavy (non-hydrogen) atoms. The third kappa shape index (κ3) is 5.89. The highest BCUT2D eigenvalue weighted by molar-refractivity contribution is 5.53. The van der Waals surface area contributed by atoms with Gasteiger partial charge in [0.15, 0.2) is 11.5 Å². The van der Waals surface area contributed by atoms with Crippen molar-refractivity contribution >= 4 is 0 Å². The average Bonchev–Trinajstić information content (AvgIpc) is 3.53. The van der Waals surface area contributed by atoms with E-state index < -0.39 is 0 Å². The van der Waals surface area contributed by atoms with E-state index in [9.17, 15) is 0 Å². The van der Waals surface area contributed by atoms with Crippen molar-refractivity contribution in [3.8, 4) is 17.2 Å². The van der Waals surface area contributed by atoms with Gasteiger partial charge in [0.1, 0.15) is 0 Å². The molecule has 4 rings (SSSR count). The molecule has 1 aliphatic carbocycles. The molecule has 2 saturated heterocycles. The van der Waals surface area contributed by atoms with Gasteiger partial charge in [-0.3, -0.25) is 4.90 Å². The van der Waals surface area contributed by atoms with E-state index in [0.29, 0.717) is 11.9 Å².